The number of sulfonamides is 1. The van der Waals surface area contributed by atoms with E-state index >= 15 is 0 Å². The molecule has 27 heavy (non-hydrogen) atoms. The number of nitrogens with one attached hydrogen (secondary N) is 2. The largest absolute Gasteiger partial charge is 0.497 e. The number of carbonyl (C=O) groups excluding carboxylic acids is 1. The lowest BCUT2D eigenvalue weighted by Crippen LogP contribution is -2.27. The maximum Gasteiger partial charge on any atom is 0.243 e. The maximum absolute atomic E-state index is 12.3. The standard InChI is InChI=1S/C19H23N3O4S/c1-4-12-22(2)27(24,25)18-10-8-15(9-11-18)20-14-19(23)21-16-6-5-7-17(13-16)26-3/h4-11,13,20H,1,12,14H2,2-3H3,(H,21,23). The van der Waals surface area contributed by atoms with Gasteiger partial charge in [0.2, 0.25) is 15.9 Å². The van der Waals surface area contributed by atoms with Gasteiger partial charge in [0.25, 0.3) is 0 Å². The number of hydrogen-bond donors (Lipinski definition) is 2. The molecule has 1 amide bonds. The van der Waals surface area contributed by atoms with Crippen LogP contribution in [0.4, 0.5) is 11.4 Å². The first kappa shape index (κ1) is 20.5. The van der Waals surface area contributed by atoms with Crippen molar-refractivity contribution in [3.63, 3.8) is 0 Å². The van der Waals surface area contributed by atoms with Crippen molar-refractivity contribution in [3.05, 3.63) is 61.2 Å². The lowest BCUT2D eigenvalue weighted by Gasteiger charge is -2.15. The van der Waals surface area contributed by atoms with Crippen molar-refractivity contribution in [3.8, 4) is 5.75 Å². The monoisotopic (exact) mass is 389 g/mol. The summed E-state index contributed by atoms with van der Waals surface area (Å²) in [5.41, 5.74) is 1.27. The first-order chi connectivity index (χ1) is 12.9. The van der Waals surface area contributed by atoms with Crippen LogP contribution < -0.4 is 15.4 Å². The number of ether oxygens (including phenoxy) is 1. The van der Waals surface area contributed by atoms with Crippen molar-refractivity contribution in [2.24, 2.45) is 0 Å². The molecule has 7 nitrogen and oxygen atoms in total. The number of hydrogen-bond acceptors (Lipinski definition) is 5. The zero-order valence-electron chi connectivity index (χ0n) is 15.3. The number of rotatable bonds is 9. The Morgan fingerprint density at radius 1 is 1.19 bits per heavy atom. The number of amides is 1. The van der Waals surface area contributed by atoms with E-state index < -0.39 is 10.0 Å². The van der Waals surface area contributed by atoms with E-state index in [0.717, 1.165) is 0 Å². The van der Waals surface area contributed by atoms with E-state index in [1.807, 2.05) is 0 Å². The Labute approximate surface area is 159 Å². The van der Waals surface area contributed by atoms with Crippen molar-refractivity contribution in [1.29, 1.82) is 0 Å². The number of methoxy groups -OCH3 is 1. The van der Waals surface area contributed by atoms with Gasteiger partial charge in [-0.3, -0.25) is 4.79 Å². The third-order valence-electron chi connectivity index (χ3n) is 3.76. The molecule has 2 N–H and O–H groups in total. The van der Waals surface area contributed by atoms with E-state index in [2.05, 4.69) is 17.2 Å². The molecule has 0 aliphatic heterocycles. The molecule has 0 aromatic heterocycles. The molecular formula is C19H23N3O4S. The summed E-state index contributed by atoms with van der Waals surface area (Å²) >= 11 is 0. The number of nitrogens with zero attached hydrogens (tertiary/aromatic N) is 1. The van der Waals surface area contributed by atoms with Crippen LogP contribution in [0.2, 0.25) is 0 Å². The molecular weight excluding hydrogens is 366 g/mol. The fraction of sp³-hybridized carbons (Fsp3) is 0.211. The summed E-state index contributed by atoms with van der Waals surface area (Å²) in [6, 6.07) is 13.3. The van der Waals surface area contributed by atoms with Gasteiger partial charge in [0.15, 0.2) is 0 Å². The average Bonchev–Trinajstić information content (AvgIpc) is 2.67. The lowest BCUT2D eigenvalue weighted by molar-refractivity contribution is -0.114. The third-order valence-corrected chi connectivity index (χ3v) is 5.59. The summed E-state index contributed by atoms with van der Waals surface area (Å²) in [5.74, 6) is 0.421. The van der Waals surface area contributed by atoms with Gasteiger partial charge in [0.1, 0.15) is 5.75 Å². The Hall–Kier alpha value is -2.84. The fourth-order valence-corrected chi connectivity index (χ4v) is 3.43. The van der Waals surface area contributed by atoms with Crippen LogP contribution in [0.25, 0.3) is 0 Å². The van der Waals surface area contributed by atoms with Gasteiger partial charge >= 0.3 is 0 Å². The highest BCUT2D eigenvalue weighted by molar-refractivity contribution is 7.89. The van der Waals surface area contributed by atoms with Gasteiger partial charge in [-0.25, -0.2) is 8.42 Å². The predicted octanol–water partition coefficient (Wildman–Crippen LogP) is 2.55. The Morgan fingerprint density at radius 2 is 1.89 bits per heavy atom. The molecule has 2 rings (SSSR count). The maximum atomic E-state index is 12.3. The molecule has 0 aliphatic rings. The molecule has 0 radical (unpaired) electrons. The normalized spacial score (nSPS) is 11.1. The van der Waals surface area contributed by atoms with Crippen LogP contribution in [-0.2, 0) is 14.8 Å². The number of benzene rings is 2. The Bertz CT molecular complexity index is 895. The first-order valence-corrected chi connectivity index (χ1v) is 9.66. The molecule has 0 bridgehead atoms. The van der Waals surface area contributed by atoms with Gasteiger partial charge < -0.3 is 15.4 Å². The zero-order chi connectivity index (χ0) is 19.9. The summed E-state index contributed by atoms with van der Waals surface area (Å²) < 4.78 is 31.0. The molecule has 0 spiro atoms. The van der Waals surface area contributed by atoms with Gasteiger partial charge in [-0.2, -0.15) is 4.31 Å². The fourth-order valence-electron chi connectivity index (χ4n) is 2.29. The number of likely N-dealkylation sites (N-methyl/N-ethyl adjacent to an activating group) is 1. The number of anilines is 2. The lowest BCUT2D eigenvalue weighted by atomic mass is 10.3. The van der Waals surface area contributed by atoms with E-state index in [9.17, 15) is 13.2 Å². The third kappa shape index (κ3) is 5.57. The minimum atomic E-state index is -3.55. The smallest absolute Gasteiger partial charge is 0.243 e. The molecule has 0 atom stereocenters. The quantitative estimate of drug-likeness (QED) is 0.644. The van der Waals surface area contributed by atoms with Gasteiger partial charge in [0.05, 0.1) is 18.6 Å². The Kier molecular flexibility index (Phi) is 6.98. The summed E-state index contributed by atoms with van der Waals surface area (Å²) in [7, 11) is -0.504. The molecule has 0 aliphatic carbocycles. The minimum absolute atomic E-state index is 0.0413. The molecule has 2 aromatic carbocycles. The highest BCUT2D eigenvalue weighted by Gasteiger charge is 2.19. The van der Waals surface area contributed by atoms with E-state index in [1.165, 1.54) is 29.6 Å². The number of carbonyl (C=O) groups is 1. The van der Waals surface area contributed by atoms with Gasteiger partial charge in [-0.05, 0) is 36.4 Å². The topological polar surface area (TPSA) is 87.7 Å². The van der Waals surface area contributed by atoms with E-state index in [1.54, 1.807) is 43.5 Å². The summed E-state index contributed by atoms with van der Waals surface area (Å²) in [6.45, 7) is 3.81. The van der Waals surface area contributed by atoms with Crippen molar-refractivity contribution < 1.29 is 17.9 Å². The van der Waals surface area contributed by atoms with E-state index in [0.29, 0.717) is 17.1 Å². The van der Waals surface area contributed by atoms with Gasteiger partial charge in [-0.15, -0.1) is 6.58 Å². The molecule has 0 saturated carbocycles. The van der Waals surface area contributed by atoms with Crippen LogP contribution in [0.3, 0.4) is 0 Å². The second-order valence-electron chi connectivity index (χ2n) is 5.73. The van der Waals surface area contributed by atoms with Crippen LogP contribution in [0.1, 0.15) is 0 Å². The van der Waals surface area contributed by atoms with Crippen molar-refractivity contribution in [1.82, 2.24) is 4.31 Å². The van der Waals surface area contributed by atoms with Gasteiger partial charge in [0, 0.05) is 31.0 Å². The molecule has 0 fully saturated rings. The van der Waals surface area contributed by atoms with Crippen LogP contribution in [0.15, 0.2) is 66.1 Å². The SMILES string of the molecule is C=CCN(C)S(=O)(=O)c1ccc(NCC(=O)Nc2cccc(OC)c2)cc1. The highest BCUT2D eigenvalue weighted by Crippen LogP contribution is 2.18. The first-order valence-electron chi connectivity index (χ1n) is 8.22. The van der Waals surface area contributed by atoms with Crippen LogP contribution in [0.5, 0.6) is 5.75 Å². The average molecular weight is 389 g/mol. The Balaban J connectivity index is 1.94. The van der Waals surface area contributed by atoms with Crippen molar-refractivity contribution in [2.45, 2.75) is 4.90 Å². The zero-order valence-corrected chi connectivity index (χ0v) is 16.1. The molecule has 0 unspecified atom stereocenters. The second kappa shape index (κ2) is 9.20. The van der Waals surface area contributed by atoms with Crippen LogP contribution >= 0.6 is 0 Å². The molecule has 0 saturated heterocycles. The summed E-state index contributed by atoms with van der Waals surface area (Å²) in [4.78, 5) is 12.2. The molecule has 144 valence electrons. The van der Waals surface area contributed by atoms with Crippen molar-refractivity contribution >= 4 is 27.3 Å². The summed E-state index contributed by atoms with van der Waals surface area (Å²) in [6.07, 6.45) is 1.52. The van der Waals surface area contributed by atoms with Crippen LogP contribution in [0, 0.1) is 0 Å². The van der Waals surface area contributed by atoms with E-state index in [4.69, 9.17) is 4.74 Å². The summed E-state index contributed by atoms with van der Waals surface area (Å²) in [5, 5.41) is 5.72. The van der Waals surface area contributed by atoms with E-state index in [-0.39, 0.29) is 23.9 Å². The predicted molar refractivity (Wildman–Crippen MR) is 107 cm³/mol. The molecule has 8 heteroatoms. The van der Waals surface area contributed by atoms with Crippen LogP contribution in [-0.4, -0.2) is 45.9 Å². The molecule has 0 heterocycles. The van der Waals surface area contributed by atoms with Crippen molar-refractivity contribution in [2.75, 3.05) is 37.9 Å². The minimum Gasteiger partial charge on any atom is -0.497 e. The van der Waals surface area contributed by atoms with Gasteiger partial charge in [-0.1, -0.05) is 12.1 Å². The second-order valence-corrected chi connectivity index (χ2v) is 7.78. The highest BCUT2D eigenvalue weighted by atomic mass is 32.2. The Morgan fingerprint density at radius 3 is 2.52 bits per heavy atom. The molecule has 2 aromatic rings.